The molecular weight excluding hydrogens is 320 g/mol. The number of aromatic nitrogens is 5. The van der Waals surface area contributed by atoms with E-state index in [4.69, 9.17) is 0 Å². The SMILES string of the molecule is Cc1nccn1CC(=O)N1CCCCC1c1cc(=O)n2[nH]ccc2n1. The lowest BCUT2D eigenvalue weighted by atomic mass is 9.99. The van der Waals surface area contributed by atoms with Gasteiger partial charge in [0.1, 0.15) is 12.4 Å². The molecule has 130 valence electrons. The van der Waals surface area contributed by atoms with Crippen molar-refractivity contribution in [1.29, 1.82) is 0 Å². The summed E-state index contributed by atoms with van der Waals surface area (Å²) in [6.45, 7) is 2.82. The van der Waals surface area contributed by atoms with Gasteiger partial charge >= 0.3 is 0 Å². The molecule has 0 spiro atoms. The Morgan fingerprint density at radius 1 is 1.40 bits per heavy atom. The lowest BCUT2D eigenvalue weighted by molar-refractivity contribution is -0.135. The first-order valence-electron chi connectivity index (χ1n) is 8.48. The zero-order valence-electron chi connectivity index (χ0n) is 14.1. The van der Waals surface area contributed by atoms with Crippen molar-refractivity contribution in [1.82, 2.24) is 29.0 Å². The highest BCUT2D eigenvalue weighted by molar-refractivity contribution is 5.76. The Kier molecular flexibility index (Phi) is 3.87. The van der Waals surface area contributed by atoms with Crippen molar-refractivity contribution in [2.75, 3.05) is 6.54 Å². The van der Waals surface area contributed by atoms with Crippen molar-refractivity contribution in [2.24, 2.45) is 0 Å². The fourth-order valence-electron chi connectivity index (χ4n) is 3.46. The summed E-state index contributed by atoms with van der Waals surface area (Å²) in [5.74, 6) is 0.842. The molecule has 3 aromatic rings. The second-order valence-electron chi connectivity index (χ2n) is 6.38. The zero-order valence-corrected chi connectivity index (χ0v) is 14.1. The number of nitrogens with zero attached hydrogens (tertiary/aromatic N) is 5. The van der Waals surface area contributed by atoms with Crippen LogP contribution in [0.2, 0.25) is 0 Å². The number of H-pyrrole nitrogens is 1. The largest absolute Gasteiger partial charge is 0.333 e. The van der Waals surface area contributed by atoms with Crippen LogP contribution in [0, 0.1) is 6.92 Å². The second kappa shape index (κ2) is 6.19. The monoisotopic (exact) mass is 340 g/mol. The molecule has 1 unspecified atom stereocenters. The number of carbonyl (C=O) groups is 1. The van der Waals surface area contributed by atoms with Crippen LogP contribution >= 0.6 is 0 Å². The van der Waals surface area contributed by atoms with Gasteiger partial charge in [-0.25, -0.2) is 14.5 Å². The van der Waals surface area contributed by atoms with E-state index >= 15 is 0 Å². The van der Waals surface area contributed by atoms with E-state index in [1.165, 1.54) is 10.6 Å². The zero-order chi connectivity index (χ0) is 17.4. The van der Waals surface area contributed by atoms with Crippen molar-refractivity contribution < 1.29 is 4.79 Å². The Bertz CT molecular complexity index is 969. The lowest BCUT2D eigenvalue weighted by Crippen LogP contribution is -2.41. The number of nitrogens with one attached hydrogen (secondary N) is 1. The number of aromatic amines is 1. The van der Waals surface area contributed by atoms with E-state index in [1.807, 2.05) is 22.6 Å². The Labute approximate surface area is 144 Å². The Balaban J connectivity index is 1.65. The molecule has 1 aliphatic heterocycles. The number of carbonyl (C=O) groups excluding carboxylic acids is 1. The molecule has 0 aromatic carbocycles. The molecule has 0 saturated carbocycles. The fraction of sp³-hybridized carbons (Fsp3) is 0.412. The predicted octanol–water partition coefficient (Wildman–Crippen LogP) is 1.28. The Morgan fingerprint density at radius 3 is 3.08 bits per heavy atom. The molecule has 1 aliphatic rings. The minimum Gasteiger partial charge on any atom is -0.333 e. The molecule has 4 heterocycles. The summed E-state index contributed by atoms with van der Waals surface area (Å²) in [6, 6.07) is 3.13. The van der Waals surface area contributed by atoms with Gasteiger partial charge in [0.15, 0.2) is 5.65 Å². The molecule has 25 heavy (non-hydrogen) atoms. The number of piperidine rings is 1. The quantitative estimate of drug-likeness (QED) is 0.778. The number of fused-ring (bicyclic) bond motifs is 1. The highest BCUT2D eigenvalue weighted by Crippen LogP contribution is 2.29. The van der Waals surface area contributed by atoms with E-state index in [1.54, 1.807) is 18.5 Å². The fourth-order valence-corrected chi connectivity index (χ4v) is 3.46. The highest BCUT2D eigenvalue weighted by Gasteiger charge is 2.29. The number of aryl methyl sites for hydroxylation is 1. The van der Waals surface area contributed by atoms with Gasteiger partial charge in [-0.3, -0.25) is 14.7 Å². The van der Waals surface area contributed by atoms with E-state index in [0.29, 0.717) is 17.9 Å². The first-order chi connectivity index (χ1) is 12.1. The topological polar surface area (TPSA) is 88.3 Å². The van der Waals surface area contributed by atoms with Crippen LogP contribution in [0.4, 0.5) is 0 Å². The van der Waals surface area contributed by atoms with Crippen LogP contribution in [0.15, 0.2) is 35.5 Å². The number of hydrogen-bond acceptors (Lipinski definition) is 4. The normalized spacial score (nSPS) is 18.0. The van der Waals surface area contributed by atoms with Crippen LogP contribution < -0.4 is 5.56 Å². The molecular formula is C17H20N6O2. The molecule has 1 atom stereocenters. The minimum atomic E-state index is -0.159. The van der Waals surface area contributed by atoms with E-state index in [0.717, 1.165) is 25.1 Å². The maximum atomic E-state index is 12.9. The number of hydrogen-bond donors (Lipinski definition) is 1. The van der Waals surface area contributed by atoms with Gasteiger partial charge in [0, 0.05) is 37.3 Å². The van der Waals surface area contributed by atoms with Crippen LogP contribution in [0.25, 0.3) is 5.65 Å². The van der Waals surface area contributed by atoms with E-state index < -0.39 is 0 Å². The summed E-state index contributed by atoms with van der Waals surface area (Å²) < 4.78 is 3.24. The van der Waals surface area contributed by atoms with Gasteiger partial charge in [0.05, 0.1) is 11.7 Å². The molecule has 1 fully saturated rings. The standard InChI is InChI=1S/C17H20N6O2/c1-12-18-7-9-21(12)11-17(25)22-8-3-2-4-14(22)13-10-16(24)23-15(20-13)5-6-19-23/h5-7,9-10,14,19H,2-4,8,11H2,1H3. The summed E-state index contributed by atoms with van der Waals surface area (Å²) in [7, 11) is 0. The van der Waals surface area contributed by atoms with E-state index in [2.05, 4.69) is 15.1 Å². The third kappa shape index (κ3) is 2.84. The minimum absolute atomic E-state index is 0.0295. The summed E-state index contributed by atoms with van der Waals surface area (Å²) in [4.78, 5) is 35.7. The van der Waals surface area contributed by atoms with Gasteiger partial charge in [-0.1, -0.05) is 0 Å². The van der Waals surface area contributed by atoms with Gasteiger partial charge in [-0.15, -0.1) is 0 Å². The molecule has 1 N–H and O–H groups in total. The molecule has 3 aromatic heterocycles. The van der Waals surface area contributed by atoms with Crippen molar-refractivity contribution in [3.63, 3.8) is 0 Å². The van der Waals surface area contributed by atoms with E-state index in [9.17, 15) is 9.59 Å². The maximum absolute atomic E-state index is 12.9. The lowest BCUT2D eigenvalue weighted by Gasteiger charge is -2.35. The van der Waals surface area contributed by atoms with Crippen LogP contribution in [0.1, 0.15) is 36.8 Å². The number of rotatable bonds is 3. The number of amides is 1. The first-order valence-corrected chi connectivity index (χ1v) is 8.48. The maximum Gasteiger partial charge on any atom is 0.272 e. The van der Waals surface area contributed by atoms with Crippen molar-refractivity contribution in [2.45, 2.75) is 38.8 Å². The molecule has 8 nitrogen and oxygen atoms in total. The Hall–Kier alpha value is -2.90. The average molecular weight is 340 g/mol. The molecule has 1 amide bonds. The molecule has 8 heteroatoms. The average Bonchev–Trinajstić information content (AvgIpc) is 3.24. The third-order valence-electron chi connectivity index (χ3n) is 4.79. The molecule has 0 bridgehead atoms. The predicted molar refractivity (Wildman–Crippen MR) is 91.1 cm³/mol. The highest BCUT2D eigenvalue weighted by atomic mass is 16.2. The van der Waals surface area contributed by atoms with Crippen LogP contribution in [0.3, 0.4) is 0 Å². The van der Waals surface area contributed by atoms with Gasteiger partial charge < -0.3 is 9.47 Å². The van der Waals surface area contributed by atoms with Gasteiger partial charge in [-0.2, -0.15) is 0 Å². The van der Waals surface area contributed by atoms with Crippen molar-refractivity contribution >= 4 is 11.6 Å². The summed E-state index contributed by atoms with van der Waals surface area (Å²) >= 11 is 0. The van der Waals surface area contributed by atoms with Crippen LogP contribution in [-0.4, -0.2) is 41.5 Å². The van der Waals surface area contributed by atoms with Gasteiger partial charge in [0.2, 0.25) is 5.91 Å². The molecule has 0 aliphatic carbocycles. The smallest absolute Gasteiger partial charge is 0.272 e. The van der Waals surface area contributed by atoms with Crippen LogP contribution in [0.5, 0.6) is 0 Å². The molecule has 1 saturated heterocycles. The van der Waals surface area contributed by atoms with Crippen LogP contribution in [-0.2, 0) is 11.3 Å². The number of imidazole rings is 1. The third-order valence-corrected chi connectivity index (χ3v) is 4.79. The second-order valence-corrected chi connectivity index (χ2v) is 6.38. The van der Waals surface area contributed by atoms with Crippen molar-refractivity contribution in [3.05, 3.63) is 52.6 Å². The Morgan fingerprint density at radius 2 is 2.28 bits per heavy atom. The van der Waals surface area contributed by atoms with Crippen molar-refractivity contribution in [3.8, 4) is 0 Å². The summed E-state index contributed by atoms with van der Waals surface area (Å²) in [6.07, 6.45) is 7.99. The molecule has 0 radical (unpaired) electrons. The van der Waals surface area contributed by atoms with Gasteiger partial charge in [-0.05, 0) is 26.2 Å². The first kappa shape index (κ1) is 15.6. The summed E-state index contributed by atoms with van der Waals surface area (Å²) in [5, 5.41) is 2.84. The van der Waals surface area contributed by atoms with Gasteiger partial charge in [0.25, 0.3) is 5.56 Å². The number of likely N-dealkylation sites (tertiary alicyclic amines) is 1. The summed E-state index contributed by atoms with van der Waals surface area (Å²) in [5.41, 5.74) is 1.08. The van der Waals surface area contributed by atoms with E-state index in [-0.39, 0.29) is 24.1 Å². The molecule has 4 rings (SSSR count).